The molecule has 1 aliphatic heterocycles. The molecule has 1 aliphatic rings. The molecule has 0 aliphatic carbocycles. The van der Waals surface area contributed by atoms with Crippen LogP contribution < -0.4 is 20.5 Å². The van der Waals surface area contributed by atoms with E-state index in [9.17, 15) is 4.79 Å². The van der Waals surface area contributed by atoms with Crippen LogP contribution in [0.2, 0.25) is 0 Å². The highest BCUT2D eigenvalue weighted by Crippen LogP contribution is 2.43. The molecule has 1 amide bonds. The van der Waals surface area contributed by atoms with Gasteiger partial charge in [-0.3, -0.25) is 4.79 Å². The fourth-order valence-electron chi connectivity index (χ4n) is 2.51. The molecule has 0 spiro atoms. The van der Waals surface area contributed by atoms with Gasteiger partial charge in [0, 0.05) is 6.07 Å². The van der Waals surface area contributed by atoms with Crippen LogP contribution in [0.1, 0.15) is 16.6 Å². The topological polar surface area (TPSA) is 73.6 Å². The number of ether oxygens (including phenoxy) is 2. The van der Waals surface area contributed by atoms with Gasteiger partial charge in [-0.25, -0.2) is 0 Å². The Morgan fingerprint density at radius 2 is 1.85 bits per heavy atom. The molecule has 0 bridgehead atoms. The third-order valence-corrected chi connectivity index (χ3v) is 6.90. The molecule has 26 heavy (non-hydrogen) atoms. The van der Waals surface area contributed by atoms with Crippen molar-refractivity contribution in [3.8, 4) is 11.5 Å². The number of anilines is 2. The Balaban J connectivity index is 1.53. The number of carbonyl (C=O) groups excluding carboxylic acids is 1. The van der Waals surface area contributed by atoms with Crippen LogP contribution in [0.3, 0.4) is 0 Å². The maximum Gasteiger partial charge on any atom is 0.262 e. The molecule has 7 heteroatoms. The van der Waals surface area contributed by atoms with Crippen LogP contribution in [0, 0.1) is 0 Å². The van der Waals surface area contributed by atoms with Gasteiger partial charge in [-0.05, 0) is 47.8 Å². The minimum atomic E-state index is -0.271. The Morgan fingerprint density at radius 1 is 1.15 bits per heavy atom. The van der Waals surface area contributed by atoms with Crippen molar-refractivity contribution in [3.05, 3.63) is 48.0 Å². The summed E-state index contributed by atoms with van der Waals surface area (Å²) in [4.78, 5) is 12.1. The van der Waals surface area contributed by atoms with Gasteiger partial charge >= 0.3 is 0 Å². The fourth-order valence-corrected chi connectivity index (χ4v) is 5.40. The summed E-state index contributed by atoms with van der Waals surface area (Å²) in [5, 5.41) is 2.74. The molecule has 0 aromatic heterocycles. The highest BCUT2D eigenvalue weighted by Gasteiger charge is 2.16. The molecule has 0 saturated carbocycles. The summed E-state index contributed by atoms with van der Waals surface area (Å²) < 4.78 is 11.2. The first-order chi connectivity index (χ1) is 12.7. The van der Waals surface area contributed by atoms with Crippen molar-refractivity contribution >= 4 is 40.8 Å². The summed E-state index contributed by atoms with van der Waals surface area (Å²) in [6, 6.07) is 13.1. The quantitative estimate of drug-likeness (QED) is 0.722. The molecule has 1 saturated heterocycles. The van der Waals surface area contributed by atoms with E-state index >= 15 is 0 Å². The number of benzene rings is 2. The number of nitrogen functional groups attached to an aromatic ring is 1. The Morgan fingerprint density at radius 3 is 2.54 bits per heavy atom. The van der Waals surface area contributed by atoms with Crippen molar-refractivity contribution < 1.29 is 14.3 Å². The summed E-state index contributed by atoms with van der Waals surface area (Å²) in [5.74, 6) is 3.46. The van der Waals surface area contributed by atoms with Crippen molar-refractivity contribution in [3.63, 3.8) is 0 Å². The zero-order chi connectivity index (χ0) is 18.4. The van der Waals surface area contributed by atoms with Gasteiger partial charge in [-0.1, -0.05) is 12.1 Å². The summed E-state index contributed by atoms with van der Waals surface area (Å²) in [6.45, 7) is -0.0804. The van der Waals surface area contributed by atoms with Gasteiger partial charge in [-0.15, -0.1) is 23.5 Å². The largest absolute Gasteiger partial charge is 0.497 e. The zero-order valence-corrected chi connectivity index (χ0v) is 16.2. The molecule has 3 rings (SSSR count). The van der Waals surface area contributed by atoms with Crippen LogP contribution >= 0.6 is 23.5 Å². The van der Waals surface area contributed by atoms with E-state index in [1.165, 1.54) is 23.5 Å². The second kappa shape index (κ2) is 9.09. The lowest BCUT2D eigenvalue weighted by molar-refractivity contribution is -0.118. The first kappa shape index (κ1) is 18.8. The molecule has 2 aromatic rings. The smallest absolute Gasteiger partial charge is 0.262 e. The maximum absolute atomic E-state index is 12.1. The lowest BCUT2D eigenvalue weighted by Crippen LogP contribution is -2.20. The molecule has 1 fully saturated rings. The second-order valence-electron chi connectivity index (χ2n) is 5.79. The van der Waals surface area contributed by atoms with Gasteiger partial charge in [0.2, 0.25) is 0 Å². The first-order valence-corrected chi connectivity index (χ1v) is 10.4. The van der Waals surface area contributed by atoms with E-state index in [0.29, 0.717) is 27.5 Å². The average Bonchev–Trinajstić information content (AvgIpc) is 2.69. The number of hydrogen-bond acceptors (Lipinski definition) is 6. The molecule has 0 atom stereocenters. The number of thioether (sulfide) groups is 2. The SMILES string of the molecule is COc1ccc(N)c(NC(=O)COc2ccc(C3SCCCS3)cc2)c1. The van der Waals surface area contributed by atoms with Crippen molar-refractivity contribution in [2.24, 2.45) is 0 Å². The minimum absolute atomic E-state index is 0.0804. The Bertz CT molecular complexity index is 747. The van der Waals surface area contributed by atoms with E-state index in [2.05, 4.69) is 17.4 Å². The number of nitrogens with one attached hydrogen (secondary N) is 1. The number of carbonyl (C=O) groups is 1. The van der Waals surface area contributed by atoms with Gasteiger partial charge in [0.1, 0.15) is 11.5 Å². The van der Waals surface area contributed by atoms with Crippen LogP contribution in [0.25, 0.3) is 0 Å². The number of amides is 1. The molecular weight excluding hydrogens is 368 g/mol. The molecular formula is C19H22N2O3S2. The average molecular weight is 391 g/mol. The maximum atomic E-state index is 12.1. The summed E-state index contributed by atoms with van der Waals surface area (Å²) >= 11 is 3.96. The standard InChI is InChI=1S/C19H22N2O3S2/c1-23-15-7-8-16(20)17(11-15)21-18(22)12-24-14-5-3-13(4-6-14)19-25-9-2-10-26-19/h3-8,11,19H,2,9-10,12,20H2,1H3,(H,21,22). The van der Waals surface area contributed by atoms with E-state index in [0.717, 1.165) is 0 Å². The van der Waals surface area contributed by atoms with Crippen LogP contribution in [-0.2, 0) is 4.79 Å². The third-order valence-electron chi connectivity index (χ3n) is 3.88. The Labute approximate surface area is 162 Å². The number of methoxy groups -OCH3 is 1. The Kier molecular flexibility index (Phi) is 6.57. The molecule has 1 heterocycles. The summed E-state index contributed by atoms with van der Waals surface area (Å²) in [6.07, 6.45) is 1.28. The van der Waals surface area contributed by atoms with Crippen molar-refractivity contribution in [2.45, 2.75) is 11.0 Å². The molecule has 3 N–H and O–H groups in total. The van der Waals surface area contributed by atoms with E-state index in [1.807, 2.05) is 35.7 Å². The first-order valence-electron chi connectivity index (χ1n) is 8.35. The zero-order valence-electron chi connectivity index (χ0n) is 14.6. The summed E-state index contributed by atoms with van der Waals surface area (Å²) in [5.41, 5.74) is 8.16. The normalized spacial score (nSPS) is 14.7. The van der Waals surface area contributed by atoms with Crippen molar-refractivity contribution in [2.75, 3.05) is 36.3 Å². The number of nitrogens with two attached hydrogens (primary N) is 1. The van der Waals surface area contributed by atoms with Crippen molar-refractivity contribution in [1.82, 2.24) is 0 Å². The lowest BCUT2D eigenvalue weighted by Gasteiger charge is -2.21. The molecule has 5 nitrogen and oxygen atoms in total. The van der Waals surface area contributed by atoms with E-state index in [1.54, 1.807) is 25.3 Å². The second-order valence-corrected chi connectivity index (χ2v) is 8.51. The highest BCUT2D eigenvalue weighted by atomic mass is 32.2. The van der Waals surface area contributed by atoms with E-state index < -0.39 is 0 Å². The fraction of sp³-hybridized carbons (Fsp3) is 0.316. The molecule has 0 radical (unpaired) electrons. The molecule has 0 unspecified atom stereocenters. The van der Waals surface area contributed by atoms with E-state index in [-0.39, 0.29) is 12.5 Å². The van der Waals surface area contributed by atoms with Gasteiger partial charge in [0.05, 0.1) is 23.1 Å². The molecule has 138 valence electrons. The Hall–Kier alpha value is -1.99. The van der Waals surface area contributed by atoms with Gasteiger partial charge in [0.25, 0.3) is 5.91 Å². The third kappa shape index (κ3) is 5.02. The minimum Gasteiger partial charge on any atom is -0.497 e. The number of hydrogen-bond donors (Lipinski definition) is 2. The van der Waals surface area contributed by atoms with Crippen LogP contribution in [0.4, 0.5) is 11.4 Å². The van der Waals surface area contributed by atoms with Crippen LogP contribution in [0.5, 0.6) is 11.5 Å². The van der Waals surface area contributed by atoms with Gasteiger partial charge in [-0.2, -0.15) is 0 Å². The van der Waals surface area contributed by atoms with Crippen molar-refractivity contribution in [1.29, 1.82) is 0 Å². The van der Waals surface area contributed by atoms with E-state index in [4.69, 9.17) is 15.2 Å². The van der Waals surface area contributed by atoms with Crippen LogP contribution in [-0.4, -0.2) is 31.1 Å². The van der Waals surface area contributed by atoms with Crippen LogP contribution in [0.15, 0.2) is 42.5 Å². The lowest BCUT2D eigenvalue weighted by atomic mass is 10.2. The number of rotatable bonds is 6. The van der Waals surface area contributed by atoms with Gasteiger partial charge < -0.3 is 20.5 Å². The monoisotopic (exact) mass is 390 g/mol. The predicted octanol–water partition coefficient (Wildman–Crippen LogP) is 4.16. The predicted molar refractivity (Wildman–Crippen MR) is 110 cm³/mol. The molecule has 2 aromatic carbocycles. The van der Waals surface area contributed by atoms with Gasteiger partial charge in [0.15, 0.2) is 6.61 Å². The summed E-state index contributed by atoms with van der Waals surface area (Å²) in [7, 11) is 1.56. The highest BCUT2D eigenvalue weighted by molar-refractivity contribution is 8.16.